The number of nitrogens with zero attached hydrogens (tertiary/aromatic N) is 1. The molecule has 0 aliphatic rings. The van der Waals surface area contributed by atoms with Crippen molar-refractivity contribution in [1.29, 1.82) is 0 Å². The van der Waals surface area contributed by atoms with Gasteiger partial charge in [-0.2, -0.15) is 5.10 Å². The summed E-state index contributed by atoms with van der Waals surface area (Å²) in [4.78, 5) is 0. The summed E-state index contributed by atoms with van der Waals surface area (Å²) in [7, 11) is 1.69. The maximum absolute atomic E-state index is 6.05. The van der Waals surface area contributed by atoms with Crippen LogP contribution in [0.15, 0.2) is 18.2 Å². The molecule has 0 aliphatic heterocycles. The summed E-state index contributed by atoms with van der Waals surface area (Å²) in [6.07, 6.45) is 5.90. The minimum absolute atomic E-state index is 0.561. The van der Waals surface area contributed by atoms with Crippen LogP contribution in [0.25, 0.3) is 11.1 Å². The first kappa shape index (κ1) is 15.4. The Bertz CT molecular complexity index is 590. The Morgan fingerprint density at radius 1 is 1.24 bits per heavy atom. The molecule has 1 aromatic carbocycles. The number of nitrogens with one attached hydrogen (secondary N) is 1. The Morgan fingerprint density at radius 3 is 2.76 bits per heavy atom. The van der Waals surface area contributed by atoms with Gasteiger partial charge in [0.1, 0.15) is 5.75 Å². The first-order valence-electron chi connectivity index (χ1n) is 7.65. The van der Waals surface area contributed by atoms with Crippen LogP contribution >= 0.6 is 0 Å². The second kappa shape index (κ2) is 7.16. The number of hydrogen-bond acceptors (Lipinski definition) is 3. The molecule has 2 aromatic rings. The molecule has 0 fully saturated rings. The van der Waals surface area contributed by atoms with Gasteiger partial charge in [0.2, 0.25) is 0 Å². The number of anilines is 1. The summed E-state index contributed by atoms with van der Waals surface area (Å²) in [5.41, 5.74) is 10.4. The van der Waals surface area contributed by atoms with E-state index >= 15 is 0 Å². The van der Waals surface area contributed by atoms with Crippen LogP contribution in [0.5, 0.6) is 5.75 Å². The van der Waals surface area contributed by atoms with Crippen LogP contribution in [-0.2, 0) is 6.42 Å². The van der Waals surface area contributed by atoms with E-state index in [0.29, 0.717) is 5.82 Å². The second-order valence-corrected chi connectivity index (χ2v) is 5.46. The van der Waals surface area contributed by atoms with Gasteiger partial charge in [0.15, 0.2) is 5.82 Å². The monoisotopic (exact) mass is 287 g/mol. The molecule has 21 heavy (non-hydrogen) atoms. The van der Waals surface area contributed by atoms with E-state index in [2.05, 4.69) is 29.3 Å². The zero-order valence-electron chi connectivity index (χ0n) is 13.2. The van der Waals surface area contributed by atoms with E-state index in [1.54, 1.807) is 7.11 Å². The number of hydrogen-bond donors (Lipinski definition) is 2. The molecule has 0 amide bonds. The Morgan fingerprint density at radius 2 is 2.05 bits per heavy atom. The highest BCUT2D eigenvalue weighted by molar-refractivity contribution is 5.77. The average Bonchev–Trinajstić information content (AvgIpc) is 2.85. The van der Waals surface area contributed by atoms with E-state index in [0.717, 1.165) is 41.0 Å². The van der Waals surface area contributed by atoms with Crippen molar-refractivity contribution >= 4 is 5.82 Å². The van der Waals surface area contributed by atoms with E-state index in [1.807, 2.05) is 13.0 Å². The van der Waals surface area contributed by atoms with Crippen molar-refractivity contribution in [3.8, 4) is 16.9 Å². The van der Waals surface area contributed by atoms with Crippen molar-refractivity contribution in [2.75, 3.05) is 12.8 Å². The fourth-order valence-electron chi connectivity index (χ4n) is 2.60. The van der Waals surface area contributed by atoms with Crippen LogP contribution < -0.4 is 10.5 Å². The highest BCUT2D eigenvalue weighted by Gasteiger charge is 2.14. The molecule has 0 atom stereocenters. The molecule has 0 bridgehead atoms. The van der Waals surface area contributed by atoms with E-state index in [9.17, 15) is 0 Å². The molecule has 4 nitrogen and oxygen atoms in total. The number of aromatic nitrogens is 2. The normalized spacial score (nSPS) is 10.8. The Balaban J connectivity index is 2.24. The third-order valence-electron chi connectivity index (χ3n) is 3.85. The first-order valence-corrected chi connectivity index (χ1v) is 7.65. The van der Waals surface area contributed by atoms with E-state index in [4.69, 9.17) is 10.5 Å². The van der Waals surface area contributed by atoms with Gasteiger partial charge < -0.3 is 10.5 Å². The van der Waals surface area contributed by atoms with Crippen molar-refractivity contribution in [3.05, 3.63) is 29.5 Å². The molecule has 1 heterocycles. The summed E-state index contributed by atoms with van der Waals surface area (Å²) in [6.45, 7) is 4.26. The highest BCUT2D eigenvalue weighted by Crippen LogP contribution is 2.32. The van der Waals surface area contributed by atoms with Crippen molar-refractivity contribution in [3.63, 3.8) is 0 Å². The molecule has 114 valence electrons. The second-order valence-electron chi connectivity index (χ2n) is 5.46. The number of nitrogen functional groups attached to an aromatic ring is 1. The largest absolute Gasteiger partial charge is 0.496 e. The Labute approximate surface area is 126 Å². The van der Waals surface area contributed by atoms with Crippen LogP contribution in [0.2, 0.25) is 0 Å². The molecule has 0 radical (unpaired) electrons. The summed E-state index contributed by atoms with van der Waals surface area (Å²) in [6, 6.07) is 6.17. The lowest BCUT2D eigenvalue weighted by atomic mass is 10.00. The lowest BCUT2D eigenvalue weighted by Crippen LogP contribution is -1.94. The standard InChI is InChI=1S/C17H25N3O/c1-4-5-6-7-8-14-16(17(18)20-19-14)13-10-9-12(2)15(11-13)21-3/h9-11H,4-8H2,1-3H3,(H3,18,19,20). The van der Waals surface area contributed by atoms with Gasteiger partial charge in [-0.15, -0.1) is 0 Å². The van der Waals surface area contributed by atoms with Crippen LogP contribution in [0.1, 0.15) is 43.9 Å². The Hall–Kier alpha value is -1.97. The molecular formula is C17H25N3O. The Kier molecular flexibility index (Phi) is 5.26. The molecule has 0 unspecified atom stereocenters. The third kappa shape index (κ3) is 3.57. The average molecular weight is 287 g/mol. The van der Waals surface area contributed by atoms with Gasteiger partial charge in [-0.3, -0.25) is 5.10 Å². The van der Waals surface area contributed by atoms with Crippen LogP contribution in [0.4, 0.5) is 5.82 Å². The van der Waals surface area contributed by atoms with E-state index in [-0.39, 0.29) is 0 Å². The topological polar surface area (TPSA) is 63.9 Å². The fourth-order valence-corrected chi connectivity index (χ4v) is 2.60. The first-order chi connectivity index (χ1) is 10.2. The molecule has 2 rings (SSSR count). The van der Waals surface area contributed by atoms with Gasteiger partial charge in [0.05, 0.1) is 7.11 Å². The maximum atomic E-state index is 6.05. The van der Waals surface area contributed by atoms with Crippen molar-refractivity contribution in [2.45, 2.75) is 46.0 Å². The van der Waals surface area contributed by atoms with Crippen LogP contribution in [0, 0.1) is 6.92 Å². The zero-order chi connectivity index (χ0) is 15.2. The van der Waals surface area contributed by atoms with Gasteiger partial charge in [0.25, 0.3) is 0 Å². The molecule has 0 saturated carbocycles. The lowest BCUT2D eigenvalue weighted by molar-refractivity contribution is 0.412. The molecular weight excluding hydrogens is 262 g/mol. The van der Waals surface area contributed by atoms with E-state index < -0.39 is 0 Å². The third-order valence-corrected chi connectivity index (χ3v) is 3.85. The number of rotatable bonds is 7. The number of ether oxygens (including phenoxy) is 1. The number of aryl methyl sites for hydroxylation is 2. The van der Waals surface area contributed by atoms with Crippen molar-refractivity contribution < 1.29 is 4.74 Å². The van der Waals surface area contributed by atoms with Gasteiger partial charge in [-0.25, -0.2) is 0 Å². The van der Waals surface area contributed by atoms with Crippen molar-refractivity contribution in [2.24, 2.45) is 0 Å². The lowest BCUT2D eigenvalue weighted by Gasteiger charge is -2.09. The molecule has 0 saturated heterocycles. The molecule has 4 heteroatoms. The molecule has 1 aromatic heterocycles. The molecule has 0 aliphatic carbocycles. The highest BCUT2D eigenvalue weighted by atomic mass is 16.5. The predicted octanol–water partition coefficient (Wildman–Crippen LogP) is 4.10. The summed E-state index contributed by atoms with van der Waals surface area (Å²) in [5.74, 6) is 1.44. The fraction of sp³-hybridized carbons (Fsp3) is 0.471. The smallest absolute Gasteiger partial charge is 0.153 e. The minimum Gasteiger partial charge on any atom is -0.496 e. The van der Waals surface area contributed by atoms with E-state index in [1.165, 1.54) is 19.3 Å². The number of nitrogens with two attached hydrogens (primary N) is 1. The summed E-state index contributed by atoms with van der Waals surface area (Å²) >= 11 is 0. The molecule has 0 spiro atoms. The van der Waals surface area contributed by atoms with Gasteiger partial charge in [-0.05, 0) is 37.0 Å². The minimum atomic E-state index is 0.561. The quantitative estimate of drug-likeness (QED) is 0.754. The predicted molar refractivity (Wildman–Crippen MR) is 87.6 cm³/mol. The maximum Gasteiger partial charge on any atom is 0.153 e. The SMILES string of the molecule is CCCCCCc1[nH]nc(N)c1-c1ccc(C)c(OC)c1. The number of unbranched alkanes of at least 4 members (excludes halogenated alkanes) is 3. The molecule has 3 N–H and O–H groups in total. The zero-order valence-corrected chi connectivity index (χ0v) is 13.2. The van der Waals surface area contributed by atoms with Gasteiger partial charge in [0, 0.05) is 11.3 Å². The van der Waals surface area contributed by atoms with Crippen LogP contribution in [-0.4, -0.2) is 17.3 Å². The summed E-state index contributed by atoms with van der Waals surface area (Å²) < 4.78 is 5.41. The number of benzene rings is 1. The number of aromatic amines is 1. The number of H-pyrrole nitrogens is 1. The van der Waals surface area contributed by atoms with Crippen molar-refractivity contribution in [1.82, 2.24) is 10.2 Å². The summed E-state index contributed by atoms with van der Waals surface area (Å²) in [5, 5.41) is 7.27. The van der Waals surface area contributed by atoms with Gasteiger partial charge in [-0.1, -0.05) is 38.3 Å². The number of methoxy groups -OCH3 is 1. The van der Waals surface area contributed by atoms with Crippen LogP contribution in [0.3, 0.4) is 0 Å². The van der Waals surface area contributed by atoms with Gasteiger partial charge >= 0.3 is 0 Å².